The van der Waals surface area contributed by atoms with Gasteiger partial charge in [0.1, 0.15) is 6.10 Å². The van der Waals surface area contributed by atoms with Crippen LogP contribution in [0.1, 0.15) is 119 Å². The summed E-state index contributed by atoms with van der Waals surface area (Å²) in [4.78, 5) is -0.694. The van der Waals surface area contributed by atoms with Crippen LogP contribution in [0.3, 0.4) is 0 Å². The molecule has 1 N–H and O–H groups in total. The van der Waals surface area contributed by atoms with Gasteiger partial charge >= 0.3 is 32.3 Å². The maximum atomic E-state index is 12.8. The predicted octanol–water partition coefficient (Wildman–Crippen LogP) is 12.9. The van der Waals surface area contributed by atoms with Crippen LogP contribution in [0, 0.1) is 10.8 Å². The van der Waals surface area contributed by atoms with Crippen LogP contribution < -0.4 is 0 Å². The van der Waals surface area contributed by atoms with Crippen LogP contribution in [0.15, 0.2) is 72.8 Å². The molecule has 0 bridgehead atoms. The number of hydrogen-bond donors (Lipinski definition) is 1. The van der Waals surface area contributed by atoms with Crippen molar-refractivity contribution in [3.05, 3.63) is 89.5 Å². The van der Waals surface area contributed by atoms with Gasteiger partial charge in [0.25, 0.3) is 0 Å². The molecule has 0 aliphatic heterocycles. The van der Waals surface area contributed by atoms with Crippen molar-refractivity contribution >= 4 is 39.0 Å². The second-order valence-electron chi connectivity index (χ2n) is 18.3. The van der Waals surface area contributed by atoms with Crippen molar-refractivity contribution in [1.82, 2.24) is 4.57 Å². The van der Waals surface area contributed by atoms with Gasteiger partial charge in [0.05, 0.1) is 10.4 Å². The molecule has 1 aliphatic rings. The third-order valence-electron chi connectivity index (χ3n) is 10.5. The zero-order chi connectivity index (χ0) is 36.1. The number of hydrogen-bond acceptors (Lipinski definition) is 1. The van der Waals surface area contributed by atoms with Gasteiger partial charge in [-0.15, -0.1) is 11.6 Å². The van der Waals surface area contributed by atoms with Crippen molar-refractivity contribution in [2.24, 2.45) is 10.8 Å². The molecule has 0 saturated carbocycles. The van der Waals surface area contributed by atoms with Gasteiger partial charge in [0, 0.05) is 21.8 Å². The Morgan fingerprint density at radius 2 is 1.23 bits per heavy atom. The molecule has 4 aromatic rings. The van der Waals surface area contributed by atoms with E-state index in [-0.39, 0.29) is 44.6 Å². The van der Waals surface area contributed by atoms with E-state index in [9.17, 15) is 5.11 Å². The van der Waals surface area contributed by atoms with Crippen LogP contribution >= 0.6 is 11.6 Å². The van der Waals surface area contributed by atoms with Crippen LogP contribution in [0.4, 0.5) is 0 Å². The fourth-order valence-corrected chi connectivity index (χ4v) is 8.52. The Bertz CT molecular complexity index is 1690. The Balaban J connectivity index is 0.00000167. The zero-order valence-electron chi connectivity index (χ0n) is 32.4. The molecule has 1 heterocycles. The topological polar surface area (TPSA) is 25.2 Å². The predicted molar refractivity (Wildman–Crippen MR) is 208 cm³/mol. The van der Waals surface area contributed by atoms with Crippen LogP contribution in [0.25, 0.3) is 27.4 Å². The molecular formula is C44H62ClHfNO. The SMILES string of the molecule is CCC1(n2c3ccc(C(C)(C)C)cc3c3cc(C(C)(C)C)ccc32)CC(Cl)(C(C)(C)CC(C)(C)C)C=C(c2ccccc2)C1O.[CH3][Hf][CH3]. The van der Waals surface area contributed by atoms with E-state index in [2.05, 4.69) is 164 Å². The summed E-state index contributed by atoms with van der Waals surface area (Å²) in [6, 6.07) is 24.3. The van der Waals surface area contributed by atoms with Gasteiger partial charge in [0.2, 0.25) is 0 Å². The average Bonchev–Trinajstić information content (AvgIpc) is 3.30. The summed E-state index contributed by atoms with van der Waals surface area (Å²) in [5.41, 5.74) is 6.11. The van der Waals surface area contributed by atoms with Gasteiger partial charge in [0.15, 0.2) is 0 Å². The van der Waals surface area contributed by atoms with Crippen molar-refractivity contribution in [2.75, 3.05) is 0 Å². The number of halogens is 1. The molecule has 2 nitrogen and oxygen atoms in total. The summed E-state index contributed by atoms with van der Waals surface area (Å²) < 4.78 is 7.13. The Morgan fingerprint density at radius 3 is 1.62 bits per heavy atom. The Kier molecular flexibility index (Phi) is 11.2. The quantitative estimate of drug-likeness (QED) is 0.157. The first-order valence-corrected chi connectivity index (χ1v) is 25.4. The fraction of sp³-hybridized carbons (Fsp3) is 0.545. The number of allylic oxidation sites excluding steroid dienone is 1. The number of fused-ring (bicyclic) bond motifs is 3. The first-order chi connectivity index (χ1) is 22.0. The second kappa shape index (κ2) is 13.8. The number of aliphatic hydroxyl groups excluding tert-OH is 1. The number of aromatic nitrogens is 1. The van der Waals surface area contributed by atoms with E-state index in [1.165, 1.54) is 21.9 Å². The van der Waals surface area contributed by atoms with Crippen molar-refractivity contribution in [1.29, 1.82) is 0 Å². The summed E-state index contributed by atoms with van der Waals surface area (Å²) in [7, 11) is 0. The van der Waals surface area contributed by atoms with Gasteiger partial charge < -0.3 is 9.67 Å². The second-order valence-corrected chi connectivity index (χ2v) is 22.6. The minimum absolute atomic E-state index is 0.0164. The first-order valence-electron chi connectivity index (χ1n) is 17.9. The molecule has 0 radical (unpaired) electrons. The van der Waals surface area contributed by atoms with Crippen molar-refractivity contribution in [3.8, 4) is 0 Å². The van der Waals surface area contributed by atoms with E-state index in [1.54, 1.807) is 0 Å². The molecule has 1 aliphatic carbocycles. The van der Waals surface area contributed by atoms with E-state index in [1.807, 2.05) is 6.07 Å². The first kappa shape index (κ1) is 39.1. The molecule has 3 atom stereocenters. The molecule has 260 valence electrons. The summed E-state index contributed by atoms with van der Waals surface area (Å²) in [5, 5.41) is 15.3. The van der Waals surface area contributed by atoms with Crippen LogP contribution in [0.5, 0.6) is 0 Å². The molecular weight excluding hydrogens is 772 g/mol. The van der Waals surface area contributed by atoms with Crippen LogP contribution in [-0.4, -0.2) is 20.7 Å². The Morgan fingerprint density at radius 1 is 0.771 bits per heavy atom. The fourth-order valence-electron chi connectivity index (χ4n) is 8.10. The van der Waals surface area contributed by atoms with Crippen LogP contribution in [-0.2, 0) is 39.3 Å². The van der Waals surface area contributed by atoms with Crippen molar-refractivity contribution < 1.29 is 28.0 Å². The van der Waals surface area contributed by atoms with Gasteiger partial charge in [-0.3, -0.25) is 0 Å². The monoisotopic (exact) mass is 835 g/mol. The molecule has 3 aromatic carbocycles. The molecule has 0 saturated heterocycles. The van der Waals surface area contributed by atoms with Crippen molar-refractivity contribution in [2.45, 2.75) is 139 Å². The normalized spacial score (nSPS) is 22.3. The van der Waals surface area contributed by atoms with Gasteiger partial charge in [-0.1, -0.05) is 132 Å². The molecule has 0 amide bonds. The molecule has 1 aromatic heterocycles. The van der Waals surface area contributed by atoms with Crippen molar-refractivity contribution in [3.63, 3.8) is 0 Å². The molecule has 4 heteroatoms. The summed E-state index contributed by atoms with van der Waals surface area (Å²) in [6.07, 6.45) is 3.79. The zero-order valence-corrected chi connectivity index (χ0v) is 36.7. The molecule has 5 rings (SSSR count). The Labute approximate surface area is 309 Å². The van der Waals surface area contributed by atoms with E-state index < -0.39 is 16.5 Å². The third kappa shape index (κ3) is 7.50. The maximum absolute atomic E-state index is 12.8. The third-order valence-corrected chi connectivity index (χ3v) is 11.3. The Hall–Kier alpha value is -1.68. The molecule has 0 spiro atoms. The number of aliphatic hydroxyl groups is 1. The number of rotatable bonds is 5. The summed E-state index contributed by atoms with van der Waals surface area (Å²) in [5.74, 6) is 0. The van der Waals surface area contributed by atoms with Gasteiger partial charge in [-0.25, -0.2) is 0 Å². The molecule has 48 heavy (non-hydrogen) atoms. The average molecular weight is 835 g/mol. The van der Waals surface area contributed by atoms with E-state index in [0.717, 1.165) is 35.0 Å². The molecule has 3 unspecified atom stereocenters. The van der Waals surface area contributed by atoms with Crippen LogP contribution in [0.2, 0.25) is 9.36 Å². The molecule has 0 fully saturated rings. The number of alkyl halides is 1. The van der Waals surface area contributed by atoms with Gasteiger partial charge in [-0.2, -0.15) is 0 Å². The van der Waals surface area contributed by atoms with Gasteiger partial charge in [-0.05, 0) is 87.5 Å². The summed E-state index contributed by atoms with van der Waals surface area (Å²) >= 11 is 8.12. The minimum atomic E-state index is -0.745. The number of nitrogens with zero attached hydrogens (tertiary/aromatic N) is 1. The summed E-state index contributed by atoms with van der Waals surface area (Å²) in [6.45, 7) is 27.5. The standard InChI is InChI=1S/C42H56ClNO.2CH3.Hf/c1-13-41(27-42(43,40(11,12)26-37(2,3)4)25-33(36(41)45)28-17-15-14-16-18-28)44-34-21-19-29(38(5,6)7)23-31(34)32-24-30(39(8,9)10)20-22-35(32)44;;;/h14-25,36,45H,13,26-27H2,1-12H3;2*1H3;. The van der Waals surface area contributed by atoms with E-state index in [4.69, 9.17) is 11.6 Å². The van der Waals surface area contributed by atoms with E-state index >= 15 is 0 Å². The number of benzene rings is 3. The van der Waals surface area contributed by atoms with E-state index in [0.29, 0.717) is 6.42 Å².